The van der Waals surface area contributed by atoms with E-state index in [2.05, 4.69) is 5.32 Å². The second-order valence-electron chi connectivity index (χ2n) is 6.68. The third-order valence-electron chi connectivity index (χ3n) is 4.88. The fraction of sp³-hybridized carbons (Fsp3) is 0.190. The quantitative estimate of drug-likeness (QED) is 0.660. The summed E-state index contributed by atoms with van der Waals surface area (Å²) in [6.45, 7) is 0.612. The lowest BCUT2D eigenvalue weighted by Crippen LogP contribution is -2.30. The summed E-state index contributed by atoms with van der Waals surface area (Å²) in [5.74, 6) is -0.132. The molecule has 0 aromatic heterocycles. The fourth-order valence-corrected chi connectivity index (χ4v) is 5.46. The van der Waals surface area contributed by atoms with Crippen LogP contribution in [0.5, 0.6) is 0 Å². The first-order chi connectivity index (χ1) is 13.5. The average Bonchev–Trinajstić information content (AvgIpc) is 2.91. The number of hydrogen-bond donors (Lipinski definition) is 1. The van der Waals surface area contributed by atoms with E-state index in [-0.39, 0.29) is 18.9 Å². The molecule has 144 valence electrons. The molecule has 1 aliphatic heterocycles. The molecule has 1 N–H and O–H groups in total. The van der Waals surface area contributed by atoms with Gasteiger partial charge in [0.2, 0.25) is 5.91 Å². The van der Waals surface area contributed by atoms with Crippen molar-refractivity contribution in [2.24, 2.45) is 0 Å². The number of rotatable bonds is 6. The van der Waals surface area contributed by atoms with Crippen LogP contribution < -0.4 is 9.62 Å². The van der Waals surface area contributed by atoms with E-state index in [1.165, 1.54) is 4.31 Å². The van der Waals surface area contributed by atoms with Crippen LogP contribution in [0.3, 0.4) is 0 Å². The first-order valence-corrected chi connectivity index (χ1v) is 10.8. The Morgan fingerprint density at radius 3 is 2.54 bits per heavy atom. The van der Waals surface area contributed by atoms with Crippen LogP contribution in [0.1, 0.15) is 18.4 Å². The van der Waals surface area contributed by atoms with Gasteiger partial charge in [-0.25, -0.2) is 8.42 Å². The lowest BCUT2D eigenvalue weighted by molar-refractivity contribution is -0.121. The van der Waals surface area contributed by atoms with E-state index in [9.17, 15) is 13.2 Å². The molecule has 4 rings (SSSR count). The smallest absolute Gasteiger partial charge is 0.265 e. The third-order valence-corrected chi connectivity index (χ3v) is 7.10. The van der Waals surface area contributed by atoms with Gasteiger partial charge in [0, 0.05) is 29.9 Å². The Kier molecular flexibility index (Phi) is 5.00. The monoisotopic (exact) mass is 414 g/mol. The topological polar surface area (TPSA) is 66.5 Å². The summed E-state index contributed by atoms with van der Waals surface area (Å²) in [5, 5.41) is 5.10. The van der Waals surface area contributed by atoms with Crippen molar-refractivity contribution in [2.75, 3.05) is 10.8 Å². The van der Waals surface area contributed by atoms with Crippen LogP contribution in [-0.4, -0.2) is 20.9 Å². The summed E-state index contributed by atoms with van der Waals surface area (Å²) in [7, 11) is -3.57. The Bertz CT molecular complexity index is 1160. The van der Waals surface area contributed by atoms with Crippen LogP contribution in [0, 0.1) is 0 Å². The number of carbonyl (C=O) groups excluding carboxylic acids is 1. The Balaban J connectivity index is 1.40. The lowest BCUT2D eigenvalue weighted by Gasteiger charge is -2.18. The molecule has 3 aromatic rings. The molecule has 3 aromatic carbocycles. The van der Waals surface area contributed by atoms with Crippen LogP contribution in [0.25, 0.3) is 10.8 Å². The molecular weight excluding hydrogens is 396 g/mol. The number of hydrogen-bond acceptors (Lipinski definition) is 3. The van der Waals surface area contributed by atoms with Crippen molar-refractivity contribution in [3.8, 4) is 0 Å². The van der Waals surface area contributed by atoms with E-state index in [0.717, 1.165) is 16.3 Å². The van der Waals surface area contributed by atoms with Crippen LogP contribution in [-0.2, 0) is 21.4 Å². The van der Waals surface area contributed by atoms with E-state index in [1.807, 2.05) is 42.5 Å². The molecule has 7 heteroatoms. The summed E-state index contributed by atoms with van der Waals surface area (Å²) in [5.41, 5.74) is 1.53. The molecule has 0 radical (unpaired) electrons. The normalized spacial score (nSPS) is 14.4. The van der Waals surface area contributed by atoms with Crippen LogP contribution in [0.2, 0.25) is 5.02 Å². The number of nitrogens with zero attached hydrogens (tertiary/aromatic N) is 1. The predicted molar refractivity (Wildman–Crippen MR) is 111 cm³/mol. The molecule has 0 bridgehead atoms. The van der Waals surface area contributed by atoms with Gasteiger partial charge >= 0.3 is 0 Å². The van der Waals surface area contributed by atoms with Gasteiger partial charge in [-0.3, -0.25) is 9.10 Å². The molecule has 0 spiro atoms. The summed E-state index contributed by atoms with van der Waals surface area (Å²) in [6, 6.07) is 18.2. The Labute approximate surface area is 169 Å². The zero-order valence-electron chi connectivity index (χ0n) is 15.1. The predicted octanol–water partition coefficient (Wildman–Crippen LogP) is 4.10. The lowest BCUT2D eigenvalue weighted by atomic mass is 10.1. The highest BCUT2D eigenvalue weighted by molar-refractivity contribution is 7.93. The number of sulfonamides is 1. The van der Waals surface area contributed by atoms with Crippen LogP contribution >= 0.6 is 11.6 Å². The number of halogens is 1. The van der Waals surface area contributed by atoms with Gasteiger partial charge in [-0.1, -0.05) is 54.1 Å². The number of carbonyl (C=O) groups is 1. The average molecular weight is 415 g/mol. The molecule has 1 amide bonds. The Morgan fingerprint density at radius 1 is 1.00 bits per heavy atom. The summed E-state index contributed by atoms with van der Waals surface area (Å²) in [4.78, 5) is 12.5. The van der Waals surface area contributed by atoms with Gasteiger partial charge in [0.25, 0.3) is 10.0 Å². The number of anilines is 1. The largest absolute Gasteiger partial charge is 0.352 e. The van der Waals surface area contributed by atoms with E-state index in [0.29, 0.717) is 28.6 Å². The van der Waals surface area contributed by atoms with Crippen molar-refractivity contribution in [3.05, 3.63) is 71.2 Å². The molecule has 0 aliphatic carbocycles. The molecule has 0 saturated carbocycles. The molecule has 0 saturated heterocycles. The zero-order valence-corrected chi connectivity index (χ0v) is 16.6. The van der Waals surface area contributed by atoms with Crippen LogP contribution in [0.4, 0.5) is 5.69 Å². The molecular formula is C21H19ClN2O3S. The van der Waals surface area contributed by atoms with Gasteiger partial charge in [0.15, 0.2) is 0 Å². The minimum Gasteiger partial charge on any atom is -0.352 e. The van der Waals surface area contributed by atoms with E-state index in [1.54, 1.807) is 18.2 Å². The van der Waals surface area contributed by atoms with E-state index in [4.69, 9.17) is 11.6 Å². The maximum absolute atomic E-state index is 12.9. The Hall–Kier alpha value is -2.57. The molecule has 1 aliphatic rings. The number of benzene rings is 3. The van der Waals surface area contributed by atoms with E-state index < -0.39 is 10.0 Å². The minimum absolute atomic E-state index is 0.132. The first-order valence-electron chi connectivity index (χ1n) is 9.03. The van der Waals surface area contributed by atoms with Gasteiger partial charge in [0.1, 0.15) is 0 Å². The highest BCUT2D eigenvalue weighted by Gasteiger charge is 2.34. The van der Waals surface area contributed by atoms with Gasteiger partial charge in [-0.2, -0.15) is 0 Å². The van der Waals surface area contributed by atoms with Crippen LogP contribution in [0.15, 0.2) is 65.6 Å². The number of nitrogens with one attached hydrogen (secondary N) is 1. The maximum Gasteiger partial charge on any atom is 0.265 e. The standard InChI is InChI=1S/C21H19ClN2O3S/c22-17-9-2-1-6-16(17)14-23-20(25)12-5-13-24-18-10-3-7-15-8-4-11-19(21(15)18)28(24,26)27/h1-4,6-11H,5,12-14H2,(H,23,25). The molecule has 5 nitrogen and oxygen atoms in total. The van der Waals surface area contributed by atoms with Gasteiger partial charge in [-0.15, -0.1) is 0 Å². The van der Waals surface area contributed by atoms with Crippen molar-refractivity contribution in [1.82, 2.24) is 5.32 Å². The third kappa shape index (κ3) is 3.34. The molecule has 0 unspecified atom stereocenters. The van der Waals surface area contributed by atoms with Crippen molar-refractivity contribution in [1.29, 1.82) is 0 Å². The first kappa shape index (κ1) is 18.8. The summed E-state index contributed by atoms with van der Waals surface area (Å²) >= 11 is 6.09. The van der Waals surface area contributed by atoms with E-state index >= 15 is 0 Å². The van der Waals surface area contributed by atoms with Crippen molar-refractivity contribution >= 4 is 44.0 Å². The fourth-order valence-electron chi connectivity index (χ4n) is 3.51. The van der Waals surface area contributed by atoms with Crippen molar-refractivity contribution < 1.29 is 13.2 Å². The minimum atomic E-state index is -3.57. The van der Waals surface area contributed by atoms with Crippen molar-refractivity contribution in [2.45, 2.75) is 24.3 Å². The zero-order chi connectivity index (χ0) is 19.7. The molecule has 0 fully saturated rings. The number of amides is 1. The molecule has 0 atom stereocenters. The molecule has 28 heavy (non-hydrogen) atoms. The summed E-state index contributed by atoms with van der Waals surface area (Å²) < 4.78 is 27.2. The Morgan fingerprint density at radius 2 is 1.75 bits per heavy atom. The second kappa shape index (κ2) is 7.45. The molecule has 1 heterocycles. The highest BCUT2D eigenvalue weighted by Crippen LogP contribution is 2.41. The SMILES string of the molecule is O=C(CCCN1c2cccc3cccc(c23)S1(=O)=O)NCc1ccccc1Cl. The maximum atomic E-state index is 12.9. The van der Waals surface area contributed by atoms with Gasteiger partial charge in [-0.05, 0) is 35.6 Å². The second-order valence-corrected chi connectivity index (χ2v) is 8.92. The summed E-state index contributed by atoms with van der Waals surface area (Å²) in [6.07, 6.45) is 0.667. The van der Waals surface area contributed by atoms with Gasteiger partial charge in [0.05, 0.1) is 10.6 Å². The highest BCUT2D eigenvalue weighted by atomic mass is 35.5. The van der Waals surface area contributed by atoms with Crippen molar-refractivity contribution in [3.63, 3.8) is 0 Å². The van der Waals surface area contributed by atoms with Gasteiger partial charge < -0.3 is 5.32 Å².